The Morgan fingerprint density at radius 3 is 2.59 bits per heavy atom. The topological polar surface area (TPSA) is 45.7 Å². The molecule has 0 aliphatic carbocycles. The minimum atomic E-state index is 0.0597. The van der Waals surface area contributed by atoms with Gasteiger partial charge in [0, 0.05) is 32.3 Å². The van der Waals surface area contributed by atoms with Gasteiger partial charge in [-0.2, -0.15) is 0 Å². The van der Waals surface area contributed by atoms with Crippen molar-refractivity contribution in [2.75, 3.05) is 38.2 Å². The van der Waals surface area contributed by atoms with E-state index in [-0.39, 0.29) is 5.91 Å². The number of ether oxygens (including phenoxy) is 1. The maximum Gasteiger partial charge on any atom is 0.246 e. The molecular formula is C21H21N3O2S. The Morgan fingerprint density at radius 1 is 1.07 bits per heavy atom. The van der Waals surface area contributed by atoms with Crippen molar-refractivity contribution in [1.82, 2.24) is 9.88 Å². The molecule has 4 rings (SSSR count). The van der Waals surface area contributed by atoms with Crippen molar-refractivity contribution in [3.8, 4) is 5.75 Å². The number of nitrogens with zero attached hydrogens (tertiary/aromatic N) is 3. The molecule has 138 valence electrons. The molecule has 2 aromatic carbocycles. The van der Waals surface area contributed by atoms with Gasteiger partial charge in [-0.3, -0.25) is 4.79 Å². The van der Waals surface area contributed by atoms with Crippen molar-refractivity contribution in [3.05, 3.63) is 60.2 Å². The predicted octanol–water partition coefficient (Wildman–Crippen LogP) is 3.67. The van der Waals surface area contributed by atoms with Gasteiger partial charge in [0.2, 0.25) is 5.91 Å². The van der Waals surface area contributed by atoms with Gasteiger partial charge in [0.05, 0.1) is 11.8 Å². The van der Waals surface area contributed by atoms with Gasteiger partial charge in [-0.1, -0.05) is 47.7 Å². The Bertz CT molecular complexity index is 960. The van der Waals surface area contributed by atoms with E-state index in [1.807, 2.05) is 53.4 Å². The van der Waals surface area contributed by atoms with Gasteiger partial charge in [0.25, 0.3) is 0 Å². The highest BCUT2D eigenvalue weighted by Crippen LogP contribution is 2.34. The fraction of sp³-hybridized carbons (Fsp3) is 0.238. The maximum atomic E-state index is 12.4. The van der Waals surface area contributed by atoms with Gasteiger partial charge < -0.3 is 14.5 Å². The number of carbonyl (C=O) groups is 1. The fourth-order valence-electron chi connectivity index (χ4n) is 3.17. The first-order valence-corrected chi connectivity index (χ1v) is 9.77. The van der Waals surface area contributed by atoms with Crippen molar-refractivity contribution in [2.24, 2.45) is 0 Å². The van der Waals surface area contributed by atoms with Crippen molar-refractivity contribution >= 4 is 38.7 Å². The third-order valence-electron chi connectivity index (χ3n) is 4.67. The fourth-order valence-corrected chi connectivity index (χ4v) is 4.20. The zero-order valence-electron chi connectivity index (χ0n) is 15.2. The highest BCUT2D eigenvalue weighted by Gasteiger charge is 2.22. The van der Waals surface area contributed by atoms with Gasteiger partial charge in [0.15, 0.2) is 5.13 Å². The second kappa shape index (κ2) is 7.80. The van der Waals surface area contributed by atoms with Crippen LogP contribution in [-0.2, 0) is 4.79 Å². The lowest BCUT2D eigenvalue weighted by Crippen LogP contribution is -2.48. The van der Waals surface area contributed by atoms with Crippen LogP contribution in [0.25, 0.3) is 16.3 Å². The maximum absolute atomic E-state index is 12.4. The number of fused-ring (bicyclic) bond motifs is 1. The van der Waals surface area contributed by atoms with E-state index in [4.69, 9.17) is 9.72 Å². The van der Waals surface area contributed by atoms with E-state index in [9.17, 15) is 4.79 Å². The van der Waals surface area contributed by atoms with Crippen LogP contribution >= 0.6 is 11.3 Å². The number of piperazine rings is 1. The number of para-hydroxylation sites is 1. The first kappa shape index (κ1) is 17.5. The van der Waals surface area contributed by atoms with E-state index in [1.54, 1.807) is 24.5 Å². The van der Waals surface area contributed by atoms with E-state index in [1.165, 1.54) is 0 Å². The Labute approximate surface area is 162 Å². The zero-order valence-corrected chi connectivity index (χ0v) is 16.0. The summed E-state index contributed by atoms with van der Waals surface area (Å²) in [7, 11) is 1.67. The summed E-state index contributed by atoms with van der Waals surface area (Å²) in [6.07, 6.45) is 3.53. The van der Waals surface area contributed by atoms with Crippen molar-refractivity contribution < 1.29 is 9.53 Å². The molecule has 0 radical (unpaired) electrons. The van der Waals surface area contributed by atoms with Crippen LogP contribution in [0.5, 0.6) is 5.75 Å². The lowest BCUT2D eigenvalue weighted by molar-refractivity contribution is -0.126. The first-order chi connectivity index (χ1) is 13.2. The summed E-state index contributed by atoms with van der Waals surface area (Å²) in [5, 5.41) is 0.987. The van der Waals surface area contributed by atoms with Gasteiger partial charge >= 0.3 is 0 Å². The molecule has 27 heavy (non-hydrogen) atoms. The van der Waals surface area contributed by atoms with Gasteiger partial charge in [0.1, 0.15) is 11.3 Å². The molecule has 1 amide bonds. The Kier molecular flexibility index (Phi) is 5.07. The SMILES string of the molecule is COc1cccc2sc(N3CCN(C(=O)C=Cc4ccccc4)CC3)nc12. The minimum Gasteiger partial charge on any atom is -0.494 e. The van der Waals surface area contributed by atoms with Crippen molar-refractivity contribution in [2.45, 2.75) is 0 Å². The number of methoxy groups -OCH3 is 1. The second-order valence-electron chi connectivity index (χ2n) is 6.36. The molecule has 6 heteroatoms. The smallest absolute Gasteiger partial charge is 0.246 e. The largest absolute Gasteiger partial charge is 0.494 e. The van der Waals surface area contributed by atoms with Gasteiger partial charge in [-0.15, -0.1) is 0 Å². The zero-order chi connectivity index (χ0) is 18.6. The number of rotatable bonds is 4. The Morgan fingerprint density at radius 2 is 1.85 bits per heavy atom. The molecule has 0 atom stereocenters. The highest BCUT2D eigenvalue weighted by molar-refractivity contribution is 7.22. The van der Waals surface area contributed by atoms with E-state index in [0.717, 1.165) is 39.8 Å². The van der Waals surface area contributed by atoms with Crippen LogP contribution in [0.3, 0.4) is 0 Å². The average molecular weight is 379 g/mol. The van der Waals surface area contributed by atoms with Crippen molar-refractivity contribution in [3.63, 3.8) is 0 Å². The third kappa shape index (κ3) is 3.80. The molecule has 0 N–H and O–H groups in total. The molecule has 1 aromatic heterocycles. The van der Waals surface area contributed by atoms with Crippen LogP contribution in [-0.4, -0.2) is 49.1 Å². The summed E-state index contributed by atoms with van der Waals surface area (Å²) >= 11 is 1.67. The van der Waals surface area contributed by atoms with E-state index in [0.29, 0.717) is 13.1 Å². The molecule has 1 aliphatic rings. The molecule has 0 spiro atoms. The molecule has 1 fully saturated rings. The highest BCUT2D eigenvalue weighted by atomic mass is 32.1. The third-order valence-corrected chi connectivity index (χ3v) is 5.75. The number of hydrogen-bond donors (Lipinski definition) is 0. The number of aromatic nitrogens is 1. The summed E-state index contributed by atoms with van der Waals surface area (Å²) in [5.74, 6) is 0.860. The summed E-state index contributed by atoms with van der Waals surface area (Å²) in [6.45, 7) is 2.97. The monoisotopic (exact) mass is 379 g/mol. The summed E-state index contributed by atoms with van der Waals surface area (Å²) in [6, 6.07) is 15.9. The van der Waals surface area contributed by atoms with Crippen LogP contribution in [0, 0.1) is 0 Å². The number of thiazole rings is 1. The van der Waals surface area contributed by atoms with E-state index < -0.39 is 0 Å². The minimum absolute atomic E-state index is 0.0597. The standard InChI is InChI=1S/C21H21N3O2S/c1-26-17-8-5-9-18-20(17)22-21(27-18)24-14-12-23(13-15-24)19(25)11-10-16-6-3-2-4-7-16/h2-11H,12-15H2,1H3. The number of hydrogen-bond acceptors (Lipinski definition) is 5. The molecule has 0 unspecified atom stereocenters. The van der Waals surface area contributed by atoms with Crippen molar-refractivity contribution in [1.29, 1.82) is 0 Å². The van der Waals surface area contributed by atoms with Gasteiger partial charge in [-0.25, -0.2) is 4.98 Å². The lowest BCUT2D eigenvalue weighted by Gasteiger charge is -2.34. The van der Waals surface area contributed by atoms with E-state index in [2.05, 4.69) is 11.0 Å². The molecule has 0 bridgehead atoms. The molecular weight excluding hydrogens is 358 g/mol. The second-order valence-corrected chi connectivity index (χ2v) is 7.37. The van der Waals surface area contributed by atoms with Crippen LogP contribution in [0.2, 0.25) is 0 Å². The lowest BCUT2D eigenvalue weighted by atomic mass is 10.2. The average Bonchev–Trinajstić information content (AvgIpc) is 3.17. The number of benzene rings is 2. The molecule has 1 aliphatic heterocycles. The van der Waals surface area contributed by atoms with Crippen LogP contribution in [0.4, 0.5) is 5.13 Å². The molecule has 1 saturated heterocycles. The van der Waals surface area contributed by atoms with Crippen LogP contribution in [0.15, 0.2) is 54.6 Å². The quantitative estimate of drug-likeness (QED) is 0.649. The van der Waals surface area contributed by atoms with Crippen LogP contribution < -0.4 is 9.64 Å². The molecule has 5 nitrogen and oxygen atoms in total. The Balaban J connectivity index is 1.40. The number of carbonyl (C=O) groups excluding carboxylic acids is 1. The summed E-state index contributed by atoms with van der Waals surface area (Å²) < 4.78 is 6.52. The normalized spacial score (nSPS) is 14.9. The first-order valence-electron chi connectivity index (χ1n) is 8.95. The molecule has 0 saturated carbocycles. The number of anilines is 1. The summed E-state index contributed by atoms with van der Waals surface area (Å²) in [5.41, 5.74) is 1.94. The Hall–Kier alpha value is -2.86. The summed E-state index contributed by atoms with van der Waals surface area (Å²) in [4.78, 5) is 21.3. The van der Waals surface area contributed by atoms with Crippen LogP contribution in [0.1, 0.15) is 5.56 Å². The van der Waals surface area contributed by atoms with E-state index >= 15 is 0 Å². The van der Waals surface area contributed by atoms with Gasteiger partial charge in [-0.05, 0) is 23.8 Å². The molecule has 3 aromatic rings. The molecule has 2 heterocycles. The predicted molar refractivity (Wildman–Crippen MR) is 110 cm³/mol. The number of amides is 1.